The highest BCUT2D eigenvalue weighted by Crippen LogP contribution is 2.28. The fourth-order valence-electron chi connectivity index (χ4n) is 2.24. The fourth-order valence-corrected chi connectivity index (χ4v) is 2.60. The summed E-state index contributed by atoms with van der Waals surface area (Å²) in [4.78, 5) is 2.55. The van der Waals surface area contributed by atoms with Crippen LogP contribution in [-0.2, 0) is 0 Å². The van der Waals surface area contributed by atoms with Crippen molar-refractivity contribution in [2.45, 2.75) is 38.1 Å². The van der Waals surface area contributed by atoms with Gasteiger partial charge in [0, 0.05) is 11.1 Å². The van der Waals surface area contributed by atoms with Crippen LogP contribution in [0.1, 0.15) is 32.1 Å². The van der Waals surface area contributed by atoms with Crippen LogP contribution >= 0.6 is 11.6 Å². The van der Waals surface area contributed by atoms with Crippen molar-refractivity contribution >= 4 is 11.6 Å². The van der Waals surface area contributed by atoms with Crippen molar-refractivity contribution in [2.75, 3.05) is 13.1 Å². The van der Waals surface area contributed by atoms with Crippen molar-refractivity contribution in [3.8, 4) is 0 Å². The molecule has 0 bridgehead atoms. The Morgan fingerprint density at radius 1 is 1.25 bits per heavy atom. The van der Waals surface area contributed by atoms with Crippen molar-refractivity contribution in [3.63, 3.8) is 0 Å². The van der Waals surface area contributed by atoms with Crippen molar-refractivity contribution in [1.82, 2.24) is 4.90 Å². The number of likely N-dealkylation sites (tertiary alicyclic amines) is 1. The molecule has 0 aromatic heterocycles. The van der Waals surface area contributed by atoms with Gasteiger partial charge in [-0.25, -0.2) is 0 Å². The van der Waals surface area contributed by atoms with Crippen LogP contribution < -0.4 is 0 Å². The summed E-state index contributed by atoms with van der Waals surface area (Å²) < 4.78 is 0. The largest absolute Gasteiger partial charge is 0.295 e. The normalized spacial score (nSPS) is 32.1. The van der Waals surface area contributed by atoms with E-state index in [-0.39, 0.29) is 0 Å². The zero-order valence-corrected chi connectivity index (χ0v) is 8.19. The van der Waals surface area contributed by atoms with Gasteiger partial charge in [-0.15, -0.1) is 0 Å². The van der Waals surface area contributed by atoms with Crippen LogP contribution in [0.4, 0.5) is 0 Å². The Morgan fingerprint density at radius 3 is 2.58 bits per heavy atom. The molecule has 1 nitrogen and oxygen atoms in total. The number of nitrogens with zero attached hydrogens (tertiary/aromatic N) is 1. The molecule has 0 N–H and O–H groups in total. The van der Waals surface area contributed by atoms with E-state index in [2.05, 4.69) is 11.0 Å². The van der Waals surface area contributed by atoms with Gasteiger partial charge in [-0.3, -0.25) is 4.90 Å². The predicted octanol–water partition coefficient (Wildman–Crippen LogP) is 2.76. The van der Waals surface area contributed by atoms with Gasteiger partial charge in [0.25, 0.3) is 0 Å². The summed E-state index contributed by atoms with van der Waals surface area (Å²) in [6, 6.07) is 0.576. The number of rotatable bonds is 1. The summed E-state index contributed by atoms with van der Waals surface area (Å²) in [6.45, 7) is 2.52. The second kappa shape index (κ2) is 3.80. The first kappa shape index (κ1) is 8.58. The third-order valence-electron chi connectivity index (χ3n) is 2.93. The second-order valence-corrected chi connectivity index (χ2v) is 4.22. The first-order valence-corrected chi connectivity index (χ1v) is 5.35. The van der Waals surface area contributed by atoms with Crippen LogP contribution in [0.3, 0.4) is 0 Å². The van der Waals surface area contributed by atoms with Gasteiger partial charge in [0.2, 0.25) is 0 Å². The average Bonchev–Trinajstić information content (AvgIpc) is 2.53. The molecular weight excluding hydrogens is 170 g/mol. The van der Waals surface area contributed by atoms with Gasteiger partial charge in [0.1, 0.15) is 0 Å². The molecule has 1 fully saturated rings. The number of hydrogen-bond donors (Lipinski definition) is 0. The van der Waals surface area contributed by atoms with Crippen molar-refractivity contribution in [3.05, 3.63) is 11.1 Å². The molecule has 0 amide bonds. The summed E-state index contributed by atoms with van der Waals surface area (Å²) in [5.74, 6) is 0. The van der Waals surface area contributed by atoms with Gasteiger partial charge >= 0.3 is 0 Å². The van der Waals surface area contributed by atoms with Crippen LogP contribution in [0.2, 0.25) is 0 Å². The average molecular weight is 186 g/mol. The molecule has 1 unspecified atom stereocenters. The molecule has 1 atom stereocenters. The van der Waals surface area contributed by atoms with Gasteiger partial charge in [-0.2, -0.15) is 0 Å². The number of halogens is 1. The summed E-state index contributed by atoms with van der Waals surface area (Å²) in [6.07, 6.45) is 8.74. The van der Waals surface area contributed by atoms with Gasteiger partial charge < -0.3 is 0 Å². The van der Waals surface area contributed by atoms with E-state index in [1.165, 1.54) is 45.2 Å². The van der Waals surface area contributed by atoms with E-state index in [4.69, 9.17) is 11.6 Å². The molecule has 1 aliphatic heterocycles. The lowest BCUT2D eigenvalue weighted by Crippen LogP contribution is -2.38. The lowest BCUT2D eigenvalue weighted by Gasteiger charge is -2.32. The van der Waals surface area contributed by atoms with Gasteiger partial charge in [0.05, 0.1) is 0 Å². The van der Waals surface area contributed by atoms with Crippen LogP contribution in [-0.4, -0.2) is 24.0 Å². The topological polar surface area (TPSA) is 3.24 Å². The summed E-state index contributed by atoms with van der Waals surface area (Å²) >= 11 is 6.13. The van der Waals surface area contributed by atoms with E-state index in [1.54, 1.807) is 0 Å². The molecule has 0 spiro atoms. The Balaban J connectivity index is 1.94. The molecular formula is C10H16ClN. The van der Waals surface area contributed by atoms with Crippen LogP contribution in [0.15, 0.2) is 11.1 Å². The van der Waals surface area contributed by atoms with E-state index in [0.29, 0.717) is 6.04 Å². The van der Waals surface area contributed by atoms with Crippen molar-refractivity contribution < 1.29 is 0 Å². The zero-order chi connectivity index (χ0) is 8.39. The lowest BCUT2D eigenvalue weighted by atomic mass is 10.1. The standard InChI is InChI=1S/C10H16ClN/c11-9-5-4-6-10(9)12-7-2-1-3-8-12/h5,10H,1-4,6-8H2. The first-order valence-electron chi connectivity index (χ1n) is 4.97. The Morgan fingerprint density at radius 2 is 2.00 bits per heavy atom. The van der Waals surface area contributed by atoms with Gasteiger partial charge in [-0.1, -0.05) is 24.1 Å². The molecule has 1 heterocycles. The fraction of sp³-hybridized carbons (Fsp3) is 0.800. The molecule has 2 aliphatic rings. The van der Waals surface area contributed by atoms with Crippen LogP contribution in [0.25, 0.3) is 0 Å². The summed E-state index contributed by atoms with van der Waals surface area (Å²) in [5, 5.41) is 1.09. The minimum absolute atomic E-state index is 0.576. The second-order valence-electron chi connectivity index (χ2n) is 3.78. The Labute approximate surface area is 79.4 Å². The van der Waals surface area contributed by atoms with Crippen molar-refractivity contribution in [1.29, 1.82) is 0 Å². The highest BCUT2D eigenvalue weighted by Gasteiger charge is 2.25. The molecule has 2 rings (SSSR count). The molecule has 0 saturated carbocycles. The monoisotopic (exact) mass is 185 g/mol. The van der Waals surface area contributed by atoms with Crippen LogP contribution in [0, 0.1) is 0 Å². The summed E-state index contributed by atoms with van der Waals surface area (Å²) in [5.41, 5.74) is 0. The highest BCUT2D eigenvalue weighted by molar-refractivity contribution is 6.30. The molecule has 1 aliphatic carbocycles. The number of piperidine rings is 1. The Bertz CT molecular complexity index is 182. The van der Waals surface area contributed by atoms with Gasteiger partial charge in [0.15, 0.2) is 0 Å². The minimum atomic E-state index is 0.576. The third kappa shape index (κ3) is 1.67. The highest BCUT2D eigenvalue weighted by atomic mass is 35.5. The van der Waals surface area contributed by atoms with E-state index >= 15 is 0 Å². The first-order chi connectivity index (χ1) is 5.88. The van der Waals surface area contributed by atoms with E-state index in [1.807, 2.05) is 0 Å². The predicted molar refractivity (Wildman–Crippen MR) is 52.4 cm³/mol. The molecule has 0 aromatic carbocycles. The number of allylic oxidation sites excluding steroid dienone is 1. The van der Waals surface area contributed by atoms with E-state index < -0.39 is 0 Å². The molecule has 12 heavy (non-hydrogen) atoms. The minimum Gasteiger partial charge on any atom is -0.295 e. The SMILES string of the molecule is ClC1=CCCC1N1CCCCC1. The Hall–Kier alpha value is -0.0100. The molecule has 0 radical (unpaired) electrons. The van der Waals surface area contributed by atoms with Gasteiger partial charge in [-0.05, 0) is 38.8 Å². The van der Waals surface area contributed by atoms with Crippen LogP contribution in [0.5, 0.6) is 0 Å². The molecule has 1 saturated heterocycles. The maximum absolute atomic E-state index is 6.13. The number of hydrogen-bond acceptors (Lipinski definition) is 1. The molecule has 0 aromatic rings. The molecule has 68 valence electrons. The van der Waals surface area contributed by atoms with Crippen molar-refractivity contribution in [2.24, 2.45) is 0 Å². The smallest absolute Gasteiger partial charge is 0.0454 e. The zero-order valence-electron chi connectivity index (χ0n) is 7.43. The van der Waals surface area contributed by atoms with E-state index in [0.717, 1.165) is 5.03 Å². The Kier molecular flexibility index (Phi) is 2.72. The maximum Gasteiger partial charge on any atom is 0.0454 e. The van der Waals surface area contributed by atoms with E-state index in [9.17, 15) is 0 Å². The quantitative estimate of drug-likeness (QED) is 0.608. The molecule has 2 heteroatoms. The maximum atomic E-state index is 6.13. The lowest BCUT2D eigenvalue weighted by molar-refractivity contribution is 0.187. The third-order valence-corrected chi connectivity index (χ3v) is 3.34. The summed E-state index contributed by atoms with van der Waals surface area (Å²) in [7, 11) is 0.